The van der Waals surface area contributed by atoms with Gasteiger partial charge in [0, 0.05) is 23.7 Å². The third kappa shape index (κ3) is 4.92. The van der Waals surface area contributed by atoms with E-state index in [1.54, 1.807) is 24.5 Å². The largest absolute Gasteiger partial charge is 0.507 e. The summed E-state index contributed by atoms with van der Waals surface area (Å²) < 4.78 is 0.681. The standard InChI is InChI=1S/C28H24N4O3S2/c1-16-5-8-19(9-6-16)15-36-28-31-30-27(37-28)32-23(20-10-12-29-13-11-20)22(25(34)26(32)35)24(33)21-14-17(2)4-7-18(21)3/h4-14,23,33H,15H2,1-3H3. The zero-order valence-electron chi connectivity index (χ0n) is 20.5. The van der Waals surface area contributed by atoms with E-state index in [0.29, 0.717) is 26.4 Å². The van der Waals surface area contributed by atoms with Gasteiger partial charge in [0.1, 0.15) is 5.76 Å². The van der Waals surface area contributed by atoms with Gasteiger partial charge in [0.05, 0.1) is 11.6 Å². The van der Waals surface area contributed by atoms with Gasteiger partial charge in [0.2, 0.25) is 5.13 Å². The highest BCUT2D eigenvalue weighted by atomic mass is 32.2. The number of amides is 1. The number of thioether (sulfide) groups is 1. The molecule has 5 rings (SSSR count). The highest BCUT2D eigenvalue weighted by molar-refractivity contribution is 8.00. The average Bonchev–Trinajstić information content (AvgIpc) is 3.47. The molecule has 3 heterocycles. The second kappa shape index (κ2) is 10.3. The zero-order chi connectivity index (χ0) is 26.1. The van der Waals surface area contributed by atoms with E-state index < -0.39 is 17.7 Å². The van der Waals surface area contributed by atoms with Crippen LogP contribution >= 0.6 is 23.1 Å². The molecule has 1 N–H and O–H groups in total. The normalized spacial score (nSPS) is 16.9. The molecular formula is C28H24N4O3S2. The number of ketones is 1. The molecule has 0 aliphatic carbocycles. The summed E-state index contributed by atoms with van der Waals surface area (Å²) >= 11 is 2.76. The fourth-order valence-electron chi connectivity index (χ4n) is 4.21. The molecule has 0 bridgehead atoms. The lowest BCUT2D eigenvalue weighted by Crippen LogP contribution is -2.29. The van der Waals surface area contributed by atoms with Crippen LogP contribution in [0.3, 0.4) is 0 Å². The number of pyridine rings is 1. The summed E-state index contributed by atoms with van der Waals surface area (Å²) in [5, 5.41) is 20.2. The molecular weight excluding hydrogens is 504 g/mol. The van der Waals surface area contributed by atoms with Gasteiger partial charge in [-0.25, -0.2) is 0 Å². The molecule has 0 spiro atoms. The number of nitrogens with zero attached hydrogens (tertiary/aromatic N) is 4. The molecule has 1 aliphatic heterocycles. The molecule has 1 saturated heterocycles. The van der Waals surface area contributed by atoms with Crippen LogP contribution in [-0.2, 0) is 15.3 Å². The molecule has 2 aromatic carbocycles. The summed E-state index contributed by atoms with van der Waals surface area (Å²) in [7, 11) is 0. The zero-order valence-corrected chi connectivity index (χ0v) is 22.1. The predicted octanol–water partition coefficient (Wildman–Crippen LogP) is 5.78. The van der Waals surface area contributed by atoms with E-state index in [4.69, 9.17) is 0 Å². The molecule has 1 amide bonds. The van der Waals surface area contributed by atoms with Crippen molar-refractivity contribution in [3.8, 4) is 0 Å². The van der Waals surface area contributed by atoms with E-state index in [9.17, 15) is 14.7 Å². The van der Waals surface area contributed by atoms with E-state index in [1.165, 1.54) is 33.6 Å². The van der Waals surface area contributed by atoms with Crippen LogP contribution in [0.4, 0.5) is 5.13 Å². The van der Waals surface area contributed by atoms with Crippen molar-refractivity contribution in [2.24, 2.45) is 0 Å². The van der Waals surface area contributed by atoms with Gasteiger partial charge >= 0.3 is 5.91 Å². The molecule has 0 radical (unpaired) electrons. The number of aromatic nitrogens is 3. The fourth-order valence-corrected chi connectivity index (χ4v) is 6.04. The number of benzene rings is 2. The first-order valence-corrected chi connectivity index (χ1v) is 13.4. The maximum absolute atomic E-state index is 13.4. The minimum absolute atomic E-state index is 0.0222. The summed E-state index contributed by atoms with van der Waals surface area (Å²) in [4.78, 5) is 32.1. The van der Waals surface area contributed by atoms with Crippen LogP contribution in [-0.4, -0.2) is 32.0 Å². The van der Waals surface area contributed by atoms with Gasteiger partial charge in [0.25, 0.3) is 5.78 Å². The molecule has 2 aromatic heterocycles. The highest BCUT2D eigenvalue weighted by Crippen LogP contribution is 2.44. The average molecular weight is 529 g/mol. The Balaban J connectivity index is 1.54. The van der Waals surface area contributed by atoms with Crippen LogP contribution in [0, 0.1) is 20.8 Å². The monoisotopic (exact) mass is 528 g/mol. The van der Waals surface area contributed by atoms with Gasteiger partial charge in [-0.1, -0.05) is 70.6 Å². The molecule has 1 fully saturated rings. The first kappa shape index (κ1) is 24.9. The molecule has 9 heteroatoms. The number of rotatable bonds is 6. The maximum Gasteiger partial charge on any atom is 0.301 e. The SMILES string of the molecule is Cc1ccc(CSc2nnc(N3C(=O)C(=O)C(=C(O)c4cc(C)ccc4C)C3c3ccncc3)s2)cc1. The Morgan fingerprint density at radius 2 is 1.68 bits per heavy atom. The molecule has 1 atom stereocenters. The number of aliphatic hydroxyl groups excluding tert-OH is 1. The first-order valence-electron chi connectivity index (χ1n) is 11.6. The van der Waals surface area contributed by atoms with E-state index in [-0.39, 0.29) is 11.3 Å². The van der Waals surface area contributed by atoms with E-state index in [0.717, 1.165) is 16.7 Å². The van der Waals surface area contributed by atoms with Gasteiger partial charge < -0.3 is 5.11 Å². The van der Waals surface area contributed by atoms with Gasteiger partial charge in [-0.05, 0) is 55.7 Å². The summed E-state index contributed by atoms with van der Waals surface area (Å²) in [6, 6.07) is 16.5. The first-order chi connectivity index (χ1) is 17.8. The van der Waals surface area contributed by atoms with Crippen molar-refractivity contribution in [2.45, 2.75) is 36.9 Å². The van der Waals surface area contributed by atoms with Gasteiger partial charge in [0.15, 0.2) is 4.34 Å². The molecule has 1 aliphatic rings. The Labute approximate surface area is 222 Å². The Bertz CT molecular complexity index is 1510. The Morgan fingerprint density at radius 1 is 0.973 bits per heavy atom. The molecule has 7 nitrogen and oxygen atoms in total. The van der Waals surface area contributed by atoms with Crippen molar-refractivity contribution in [1.29, 1.82) is 0 Å². The van der Waals surface area contributed by atoms with Crippen molar-refractivity contribution in [3.63, 3.8) is 0 Å². The topological polar surface area (TPSA) is 96.3 Å². The maximum atomic E-state index is 13.4. The van der Waals surface area contributed by atoms with Crippen LogP contribution in [0.1, 0.15) is 39.4 Å². The summed E-state index contributed by atoms with van der Waals surface area (Å²) in [6.07, 6.45) is 3.19. The number of hydrogen-bond acceptors (Lipinski definition) is 8. The minimum atomic E-state index is -0.856. The minimum Gasteiger partial charge on any atom is -0.507 e. The van der Waals surface area contributed by atoms with Crippen LogP contribution in [0.15, 0.2) is 76.9 Å². The number of carbonyl (C=O) groups excluding carboxylic acids is 2. The quantitative estimate of drug-likeness (QED) is 0.111. The molecule has 1 unspecified atom stereocenters. The van der Waals surface area contributed by atoms with E-state index in [2.05, 4.69) is 39.4 Å². The summed E-state index contributed by atoms with van der Waals surface area (Å²) in [6.45, 7) is 5.81. The number of aliphatic hydroxyl groups is 1. The Morgan fingerprint density at radius 3 is 2.41 bits per heavy atom. The van der Waals surface area contributed by atoms with Crippen molar-refractivity contribution in [1.82, 2.24) is 15.2 Å². The van der Waals surface area contributed by atoms with Crippen LogP contribution in [0.5, 0.6) is 0 Å². The number of anilines is 1. The smallest absolute Gasteiger partial charge is 0.301 e. The van der Waals surface area contributed by atoms with E-state index >= 15 is 0 Å². The molecule has 186 valence electrons. The summed E-state index contributed by atoms with van der Waals surface area (Å²) in [5.74, 6) is -1.01. The second-order valence-electron chi connectivity index (χ2n) is 8.89. The highest BCUT2D eigenvalue weighted by Gasteiger charge is 2.48. The van der Waals surface area contributed by atoms with Crippen molar-refractivity contribution in [2.75, 3.05) is 4.90 Å². The number of Topliss-reactive ketones (excluding diaryl/α,β-unsaturated/α-hetero) is 1. The summed E-state index contributed by atoms with van der Waals surface area (Å²) in [5.41, 5.74) is 5.26. The number of aryl methyl sites for hydroxylation is 3. The number of hydrogen-bond donors (Lipinski definition) is 1. The lowest BCUT2D eigenvalue weighted by atomic mass is 9.94. The Hall–Kier alpha value is -3.82. The van der Waals surface area contributed by atoms with Gasteiger partial charge in [-0.2, -0.15) is 0 Å². The fraction of sp³-hybridized carbons (Fsp3) is 0.179. The Kier molecular flexibility index (Phi) is 6.90. The van der Waals surface area contributed by atoms with Crippen molar-refractivity contribution in [3.05, 3.63) is 106 Å². The molecule has 0 saturated carbocycles. The second-order valence-corrected chi connectivity index (χ2v) is 11.1. The molecule has 37 heavy (non-hydrogen) atoms. The third-order valence-corrected chi connectivity index (χ3v) is 8.33. The molecule has 4 aromatic rings. The van der Waals surface area contributed by atoms with Crippen molar-refractivity contribution >= 4 is 45.7 Å². The number of carbonyl (C=O) groups is 2. The predicted molar refractivity (Wildman–Crippen MR) is 146 cm³/mol. The van der Waals surface area contributed by atoms with Gasteiger partial charge in [-0.3, -0.25) is 19.5 Å². The van der Waals surface area contributed by atoms with E-state index in [1.807, 2.05) is 39.0 Å². The van der Waals surface area contributed by atoms with Crippen LogP contribution in [0.25, 0.3) is 5.76 Å². The van der Waals surface area contributed by atoms with Crippen LogP contribution in [0.2, 0.25) is 0 Å². The van der Waals surface area contributed by atoms with Crippen molar-refractivity contribution < 1.29 is 14.7 Å². The lowest BCUT2D eigenvalue weighted by molar-refractivity contribution is -0.132. The third-order valence-electron chi connectivity index (χ3n) is 6.20. The lowest BCUT2D eigenvalue weighted by Gasteiger charge is -2.22. The van der Waals surface area contributed by atoms with Crippen LogP contribution < -0.4 is 4.90 Å². The van der Waals surface area contributed by atoms with Gasteiger partial charge in [-0.15, -0.1) is 10.2 Å².